The SMILES string of the molecule is CCCC(CC)/C1=C/CC(F)C=NC(C)C(C(=O)NC2CNCCC2C2CCC(F)N(C)C2C)C(N)N1. The molecule has 0 radical (unpaired) electrons. The van der Waals surface area contributed by atoms with Crippen LogP contribution in [0.4, 0.5) is 8.78 Å². The molecule has 3 aliphatic rings. The maximum absolute atomic E-state index is 14.6. The van der Waals surface area contributed by atoms with Gasteiger partial charge in [-0.2, -0.15) is 0 Å². The molecule has 37 heavy (non-hydrogen) atoms. The summed E-state index contributed by atoms with van der Waals surface area (Å²) >= 11 is 0. The third kappa shape index (κ3) is 7.51. The molecule has 2 fully saturated rings. The Hall–Kier alpha value is -1.58. The predicted octanol–water partition coefficient (Wildman–Crippen LogP) is 3.51. The van der Waals surface area contributed by atoms with Gasteiger partial charge in [0.1, 0.15) is 6.17 Å². The van der Waals surface area contributed by atoms with Crippen molar-refractivity contribution in [1.29, 1.82) is 0 Å². The van der Waals surface area contributed by atoms with Crippen molar-refractivity contribution in [1.82, 2.24) is 20.9 Å². The van der Waals surface area contributed by atoms with E-state index in [0.29, 0.717) is 18.9 Å². The Labute approximate surface area is 222 Å². The second-order valence-electron chi connectivity index (χ2n) is 11.4. The highest BCUT2D eigenvalue weighted by molar-refractivity contribution is 5.81. The number of hydrogen-bond donors (Lipinski definition) is 4. The minimum absolute atomic E-state index is 0.0792. The van der Waals surface area contributed by atoms with Gasteiger partial charge < -0.3 is 21.7 Å². The van der Waals surface area contributed by atoms with Crippen molar-refractivity contribution in [3.63, 3.8) is 0 Å². The Bertz CT molecular complexity index is 795. The van der Waals surface area contributed by atoms with Crippen LogP contribution in [-0.4, -0.2) is 73.9 Å². The van der Waals surface area contributed by atoms with E-state index < -0.39 is 30.6 Å². The van der Waals surface area contributed by atoms with E-state index in [0.717, 1.165) is 44.3 Å². The number of halogens is 2. The van der Waals surface area contributed by atoms with Gasteiger partial charge in [-0.3, -0.25) is 14.7 Å². The van der Waals surface area contributed by atoms with E-state index in [1.54, 1.807) is 0 Å². The van der Waals surface area contributed by atoms with Gasteiger partial charge in [0.15, 0.2) is 6.30 Å². The molecule has 1 amide bonds. The van der Waals surface area contributed by atoms with E-state index in [1.165, 1.54) is 6.21 Å². The summed E-state index contributed by atoms with van der Waals surface area (Å²) in [5.74, 6) is -0.0281. The van der Waals surface area contributed by atoms with E-state index in [-0.39, 0.29) is 36.2 Å². The maximum atomic E-state index is 14.6. The summed E-state index contributed by atoms with van der Waals surface area (Å²) < 4.78 is 28.9. The molecule has 9 heteroatoms. The lowest BCUT2D eigenvalue weighted by Crippen LogP contribution is -2.61. The van der Waals surface area contributed by atoms with Crippen molar-refractivity contribution in [2.75, 3.05) is 20.1 Å². The summed E-state index contributed by atoms with van der Waals surface area (Å²) in [4.78, 5) is 20.0. The average molecular weight is 525 g/mol. The maximum Gasteiger partial charge on any atom is 0.228 e. The van der Waals surface area contributed by atoms with Crippen LogP contribution in [0.1, 0.15) is 72.6 Å². The normalized spacial score (nSPS) is 40.2. The van der Waals surface area contributed by atoms with Crippen molar-refractivity contribution in [3.05, 3.63) is 11.8 Å². The summed E-state index contributed by atoms with van der Waals surface area (Å²) in [5, 5.41) is 10.1. The lowest BCUT2D eigenvalue weighted by molar-refractivity contribution is -0.128. The van der Waals surface area contributed by atoms with Gasteiger partial charge in [0.05, 0.1) is 18.1 Å². The van der Waals surface area contributed by atoms with Gasteiger partial charge in [0.2, 0.25) is 5.91 Å². The molecule has 0 bridgehead atoms. The zero-order valence-electron chi connectivity index (χ0n) is 23.4. The van der Waals surface area contributed by atoms with Crippen LogP contribution in [-0.2, 0) is 4.79 Å². The summed E-state index contributed by atoms with van der Waals surface area (Å²) in [6, 6.07) is -0.455. The number of likely N-dealkylation sites (tertiary alicyclic amines) is 1. The monoisotopic (exact) mass is 524 g/mol. The van der Waals surface area contributed by atoms with Crippen LogP contribution in [0.2, 0.25) is 0 Å². The van der Waals surface area contributed by atoms with Gasteiger partial charge in [-0.15, -0.1) is 0 Å². The molecule has 10 atom stereocenters. The Morgan fingerprint density at radius 3 is 2.70 bits per heavy atom. The van der Waals surface area contributed by atoms with Crippen LogP contribution in [0.5, 0.6) is 0 Å². The molecule has 3 heterocycles. The van der Waals surface area contributed by atoms with Crippen LogP contribution >= 0.6 is 0 Å². The van der Waals surface area contributed by atoms with Crippen molar-refractivity contribution < 1.29 is 13.6 Å². The number of alkyl halides is 2. The first-order chi connectivity index (χ1) is 17.7. The third-order valence-electron chi connectivity index (χ3n) is 9.01. The minimum Gasteiger partial charge on any atom is -0.373 e. The second kappa shape index (κ2) is 14.0. The number of carbonyl (C=O) groups is 1. The molecule has 0 spiro atoms. The van der Waals surface area contributed by atoms with E-state index in [1.807, 2.05) is 24.9 Å². The van der Waals surface area contributed by atoms with Gasteiger partial charge >= 0.3 is 0 Å². The molecule has 212 valence electrons. The van der Waals surface area contributed by atoms with Gasteiger partial charge in [-0.1, -0.05) is 26.3 Å². The number of piperidine rings is 2. The first-order valence-electron chi connectivity index (χ1n) is 14.4. The van der Waals surface area contributed by atoms with Crippen molar-refractivity contribution in [3.8, 4) is 0 Å². The molecule has 0 aromatic carbocycles. The molecular formula is C28H50F2N6O. The predicted molar refractivity (Wildman–Crippen MR) is 147 cm³/mol. The Kier molecular flexibility index (Phi) is 11.3. The Morgan fingerprint density at radius 1 is 1.24 bits per heavy atom. The molecule has 3 aliphatic heterocycles. The number of nitrogens with one attached hydrogen (secondary N) is 3. The zero-order chi connectivity index (χ0) is 27.1. The average Bonchev–Trinajstić information content (AvgIpc) is 2.87. The van der Waals surface area contributed by atoms with E-state index in [2.05, 4.69) is 41.7 Å². The summed E-state index contributed by atoms with van der Waals surface area (Å²) in [6.45, 7) is 9.74. The summed E-state index contributed by atoms with van der Waals surface area (Å²) in [6.07, 6.45) is 5.88. The summed E-state index contributed by atoms with van der Waals surface area (Å²) in [7, 11) is 1.85. The first kappa shape index (κ1) is 30.0. The fourth-order valence-electron chi connectivity index (χ4n) is 6.59. The second-order valence-corrected chi connectivity index (χ2v) is 11.4. The lowest BCUT2D eigenvalue weighted by Gasteiger charge is -2.47. The highest BCUT2D eigenvalue weighted by Gasteiger charge is 2.42. The fourth-order valence-corrected chi connectivity index (χ4v) is 6.59. The Morgan fingerprint density at radius 2 is 2.00 bits per heavy atom. The van der Waals surface area contributed by atoms with E-state index in [4.69, 9.17) is 5.73 Å². The summed E-state index contributed by atoms with van der Waals surface area (Å²) in [5.41, 5.74) is 7.60. The van der Waals surface area contributed by atoms with Gasteiger partial charge in [0.25, 0.3) is 0 Å². The standard InChI is InChI=1S/C28H50F2N6O/c1-6-8-19(7-2)23-11-9-20(29)15-33-17(3)26(27(31)34-23)28(37)35-24-16-32-14-13-22(24)21-10-12-25(30)36(5)18(21)4/h11,15,17-22,24-27,32,34H,6-10,12-14,16,31H2,1-5H3,(H,35,37)/b23-11-,33-15?. The highest BCUT2D eigenvalue weighted by atomic mass is 19.1. The number of amides is 1. The molecule has 2 saturated heterocycles. The fraction of sp³-hybridized carbons (Fsp3) is 0.857. The molecule has 0 saturated carbocycles. The number of allylic oxidation sites excluding steroid dienone is 2. The first-order valence-corrected chi connectivity index (χ1v) is 14.4. The number of carbonyl (C=O) groups excluding carboxylic acids is 1. The topological polar surface area (TPSA) is 94.8 Å². The highest BCUT2D eigenvalue weighted by Crippen LogP contribution is 2.36. The number of aliphatic imine (C=N–C) groups is 1. The van der Waals surface area contributed by atoms with E-state index in [9.17, 15) is 13.6 Å². The lowest BCUT2D eigenvalue weighted by atomic mass is 9.73. The molecule has 10 unspecified atom stereocenters. The number of hydrogen-bond acceptors (Lipinski definition) is 6. The van der Waals surface area contributed by atoms with E-state index >= 15 is 0 Å². The Balaban J connectivity index is 1.80. The van der Waals surface area contributed by atoms with Gasteiger partial charge in [-0.05, 0) is 77.3 Å². The van der Waals surface area contributed by atoms with Crippen LogP contribution in [0.3, 0.4) is 0 Å². The zero-order valence-corrected chi connectivity index (χ0v) is 23.4. The number of nitrogens with zero attached hydrogens (tertiary/aromatic N) is 2. The molecule has 5 N–H and O–H groups in total. The van der Waals surface area contributed by atoms with Gasteiger partial charge in [0, 0.05) is 37.0 Å². The van der Waals surface area contributed by atoms with Crippen molar-refractivity contribution in [2.24, 2.45) is 34.4 Å². The number of nitrogens with two attached hydrogens (primary N) is 1. The van der Waals surface area contributed by atoms with Gasteiger partial charge in [-0.25, -0.2) is 8.78 Å². The molecule has 3 rings (SSSR count). The minimum atomic E-state index is -1.20. The molecular weight excluding hydrogens is 474 g/mol. The third-order valence-corrected chi connectivity index (χ3v) is 9.01. The quantitative estimate of drug-likeness (QED) is 0.383. The smallest absolute Gasteiger partial charge is 0.228 e. The molecule has 0 aromatic heterocycles. The van der Waals surface area contributed by atoms with Crippen LogP contribution < -0.4 is 21.7 Å². The van der Waals surface area contributed by atoms with Crippen LogP contribution in [0.25, 0.3) is 0 Å². The molecule has 0 aliphatic carbocycles. The largest absolute Gasteiger partial charge is 0.373 e. The number of rotatable bonds is 7. The van der Waals surface area contributed by atoms with Crippen molar-refractivity contribution >= 4 is 12.1 Å². The van der Waals surface area contributed by atoms with Crippen LogP contribution in [0.15, 0.2) is 16.8 Å². The van der Waals surface area contributed by atoms with Crippen LogP contribution in [0, 0.1) is 23.7 Å². The van der Waals surface area contributed by atoms with Crippen molar-refractivity contribution in [2.45, 2.75) is 109 Å². The molecule has 7 nitrogen and oxygen atoms in total. The molecule has 0 aromatic rings.